The van der Waals surface area contributed by atoms with E-state index >= 15 is 0 Å². The van der Waals surface area contributed by atoms with Gasteiger partial charge in [0.15, 0.2) is 9.84 Å². The second-order valence-corrected chi connectivity index (χ2v) is 7.81. The van der Waals surface area contributed by atoms with Crippen LogP contribution in [0.1, 0.15) is 37.3 Å². The van der Waals surface area contributed by atoms with Crippen LogP contribution in [-0.2, 0) is 14.6 Å². The summed E-state index contributed by atoms with van der Waals surface area (Å²) in [5.41, 5.74) is 0.930. The van der Waals surface area contributed by atoms with Crippen LogP contribution in [0.2, 0.25) is 0 Å². The average Bonchev–Trinajstić information content (AvgIpc) is 2.90. The van der Waals surface area contributed by atoms with Gasteiger partial charge in [-0.3, -0.25) is 0 Å². The molecular formula is C15H21NO3S. The predicted molar refractivity (Wildman–Crippen MR) is 77.4 cm³/mol. The zero-order valence-corrected chi connectivity index (χ0v) is 12.5. The Bertz CT molecular complexity index is 585. The minimum Gasteiger partial charge on any atom is -0.381 e. The molecule has 5 heteroatoms. The first-order valence-electron chi connectivity index (χ1n) is 7.20. The van der Waals surface area contributed by atoms with Crippen molar-refractivity contribution < 1.29 is 13.2 Å². The maximum atomic E-state index is 12.1. The maximum absolute atomic E-state index is 12.1. The lowest BCUT2D eigenvalue weighted by atomic mass is 10.0. The Hall–Kier alpha value is -0.910. The van der Waals surface area contributed by atoms with Crippen molar-refractivity contribution in [1.29, 1.82) is 0 Å². The topological polar surface area (TPSA) is 55.4 Å². The third-order valence-corrected chi connectivity index (χ3v) is 6.27. The van der Waals surface area contributed by atoms with E-state index in [9.17, 15) is 8.42 Å². The van der Waals surface area contributed by atoms with Crippen molar-refractivity contribution in [3.63, 3.8) is 0 Å². The van der Waals surface area contributed by atoms with Crippen LogP contribution in [0.4, 0.5) is 0 Å². The first-order valence-corrected chi connectivity index (χ1v) is 8.86. The number of sulfone groups is 1. The molecule has 1 fully saturated rings. The normalized spacial score (nSPS) is 31.9. The fourth-order valence-electron chi connectivity index (χ4n) is 3.35. The Morgan fingerprint density at radius 3 is 2.75 bits per heavy atom. The lowest BCUT2D eigenvalue weighted by molar-refractivity contribution is 0.106. The number of rotatable bonds is 3. The minimum atomic E-state index is -3.09. The van der Waals surface area contributed by atoms with Crippen LogP contribution >= 0.6 is 0 Å². The van der Waals surface area contributed by atoms with E-state index in [1.807, 2.05) is 12.1 Å². The molecule has 0 saturated heterocycles. The smallest absolute Gasteiger partial charge is 0.178 e. The van der Waals surface area contributed by atoms with Crippen LogP contribution in [0.25, 0.3) is 0 Å². The molecule has 3 atom stereocenters. The van der Waals surface area contributed by atoms with E-state index in [2.05, 4.69) is 5.32 Å². The van der Waals surface area contributed by atoms with Crippen molar-refractivity contribution in [2.45, 2.75) is 48.8 Å². The number of hydrogen-bond acceptors (Lipinski definition) is 4. The molecule has 0 amide bonds. The van der Waals surface area contributed by atoms with Crippen molar-refractivity contribution >= 4 is 9.84 Å². The summed E-state index contributed by atoms with van der Waals surface area (Å²) < 4.78 is 29.6. The third-order valence-electron chi connectivity index (χ3n) is 4.46. The molecule has 1 saturated carbocycles. The van der Waals surface area contributed by atoms with Crippen LogP contribution < -0.4 is 5.32 Å². The summed E-state index contributed by atoms with van der Waals surface area (Å²) in [7, 11) is -1.33. The zero-order valence-electron chi connectivity index (χ0n) is 11.7. The summed E-state index contributed by atoms with van der Waals surface area (Å²) in [6.45, 7) is 0. The quantitative estimate of drug-likeness (QED) is 0.927. The molecule has 0 radical (unpaired) electrons. The Balaban J connectivity index is 1.79. The van der Waals surface area contributed by atoms with Crippen LogP contribution in [0.5, 0.6) is 0 Å². The van der Waals surface area contributed by atoms with Crippen LogP contribution in [0.3, 0.4) is 0 Å². The largest absolute Gasteiger partial charge is 0.381 e. The molecule has 1 aliphatic carbocycles. The average molecular weight is 295 g/mol. The molecule has 20 heavy (non-hydrogen) atoms. The van der Waals surface area contributed by atoms with Gasteiger partial charge in [0.25, 0.3) is 0 Å². The summed E-state index contributed by atoms with van der Waals surface area (Å²) in [5, 5.41) is 3.63. The summed E-state index contributed by atoms with van der Waals surface area (Å²) in [6.07, 6.45) is 4.20. The second-order valence-electron chi connectivity index (χ2n) is 5.73. The van der Waals surface area contributed by atoms with Crippen LogP contribution in [0.15, 0.2) is 29.2 Å². The van der Waals surface area contributed by atoms with Gasteiger partial charge in [-0.15, -0.1) is 0 Å². The van der Waals surface area contributed by atoms with Gasteiger partial charge in [-0.2, -0.15) is 0 Å². The van der Waals surface area contributed by atoms with Gasteiger partial charge in [-0.05, 0) is 37.3 Å². The van der Waals surface area contributed by atoms with Gasteiger partial charge >= 0.3 is 0 Å². The fraction of sp³-hybridized carbons (Fsp3) is 0.600. The number of benzene rings is 1. The summed E-state index contributed by atoms with van der Waals surface area (Å²) in [4.78, 5) is 0.505. The van der Waals surface area contributed by atoms with Gasteiger partial charge in [0, 0.05) is 19.2 Å². The molecule has 3 rings (SSSR count). The minimum absolute atomic E-state index is 0.148. The number of fused-ring (bicyclic) bond motifs is 1. The maximum Gasteiger partial charge on any atom is 0.178 e. The van der Waals surface area contributed by atoms with Crippen molar-refractivity contribution in [2.75, 3.05) is 12.9 Å². The number of methoxy groups -OCH3 is 1. The molecule has 1 N–H and O–H groups in total. The second kappa shape index (κ2) is 5.47. The lowest BCUT2D eigenvalue weighted by Crippen LogP contribution is -2.35. The molecule has 0 spiro atoms. The number of nitrogens with one attached hydrogen (secondary N) is 1. The van der Waals surface area contributed by atoms with Gasteiger partial charge in [-0.25, -0.2) is 8.42 Å². The standard InChI is InChI=1S/C15H21NO3S/c1-19-12-7-6-11(10-12)16-14-8-9-20(17,18)15-5-3-2-4-13(14)15/h2-5,11-12,14,16H,6-10H2,1H3. The highest BCUT2D eigenvalue weighted by atomic mass is 32.2. The molecule has 0 aromatic heterocycles. The molecule has 1 aromatic carbocycles. The summed E-state index contributed by atoms with van der Waals surface area (Å²) in [6, 6.07) is 7.96. The Kier molecular flexibility index (Phi) is 3.84. The first-order chi connectivity index (χ1) is 9.60. The van der Waals surface area contributed by atoms with E-state index in [-0.39, 0.29) is 11.8 Å². The number of ether oxygens (including phenoxy) is 1. The molecule has 1 heterocycles. The third kappa shape index (κ3) is 2.62. The van der Waals surface area contributed by atoms with Crippen molar-refractivity contribution in [2.24, 2.45) is 0 Å². The van der Waals surface area contributed by atoms with Crippen LogP contribution in [-0.4, -0.2) is 33.4 Å². The highest BCUT2D eigenvalue weighted by molar-refractivity contribution is 7.91. The lowest BCUT2D eigenvalue weighted by Gasteiger charge is -2.29. The summed E-state index contributed by atoms with van der Waals surface area (Å²) >= 11 is 0. The van der Waals surface area contributed by atoms with Crippen LogP contribution in [0, 0.1) is 0 Å². The highest BCUT2D eigenvalue weighted by Gasteiger charge is 2.33. The SMILES string of the molecule is COC1CCC(NC2CCS(=O)(=O)c3ccccc32)C1. The monoisotopic (exact) mass is 295 g/mol. The van der Waals surface area contributed by atoms with E-state index in [4.69, 9.17) is 4.74 Å². The Labute approximate surface area is 120 Å². The van der Waals surface area contributed by atoms with Gasteiger partial charge in [0.05, 0.1) is 16.8 Å². The van der Waals surface area contributed by atoms with Crippen molar-refractivity contribution in [3.8, 4) is 0 Å². The fourth-order valence-corrected chi connectivity index (χ4v) is 4.97. The zero-order chi connectivity index (χ0) is 14.2. The molecule has 110 valence electrons. The van der Waals surface area contributed by atoms with Gasteiger partial charge in [0.2, 0.25) is 0 Å². The number of hydrogen-bond donors (Lipinski definition) is 1. The predicted octanol–water partition coefficient (Wildman–Crippen LogP) is 2.06. The molecule has 3 unspecified atom stereocenters. The summed E-state index contributed by atoms with van der Waals surface area (Å²) in [5.74, 6) is 0.238. The first kappa shape index (κ1) is 14.0. The van der Waals surface area contributed by atoms with E-state index < -0.39 is 9.84 Å². The molecule has 0 bridgehead atoms. The van der Waals surface area contributed by atoms with Gasteiger partial charge in [-0.1, -0.05) is 18.2 Å². The van der Waals surface area contributed by atoms with E-state index in [1.54, 1.807) is 19.2 Å². The molecule has 4 nitrogen and oxygen atoms in total. The Morgan fingerprint density at radius 2 is 2.00 bits per heavy atom. The Morgan fingerprint density at radius 1 is 1.20 bits per heavy atom. The van der Waals surface area contributed by atoms with E-state index in [1.165, 1.54) is 0 Å². The molecule has 2 aliphatic rings. The highest BCUT2D eigenvalue weighted by Crippen LogP contribution is 2.33. The molecule has 1 aromatic rings. The van der Waals surface area contributed by atoms with Crippen molar-refractivity contribution in [3.05, 3.63) is 29.8 Å². The molecule has 1 aliphatic heterocycles. The van der Waals surface area contributed by atoms with Gasteiger partial charge < -0.3 is 10.1 Å². The van der Waals surface area contributed by atoms with E-state index in [0.29, 0.717) is 23.5 Å². The van der Waals surface area contributed by atoms with Crippen molar-refractivity contribution in [1.82, 2.24) is 5.32 Å². The van der Waals surface area contributed by atoms with Gasteiger partial charge in [0.1, 0.15) is 0 Å². The van der Waals surface area contributed by atoms with E-state index in [0.717, 1.165) is 24.8 Å². The molecular weight excluding hydrogens is 274 g/mol.